The zero-order valence-electron chi connectivity index (χ0n) is 13.6. The van der Waals surface area contributed by atoms with E-state index in [1.807, 2.05) is 43.3 Å². The van der Waals surface area contributed by atoms with Gasteiger partial charge in [-0.2, -0.15) is 5.10 Å². The normalized spacial score (nSPS) is 11.5. The molecule has 0 aliphatic heterocycles. The van der Waals surface area contributed by atoms with Crippen LogP contribution in [0.15, 0.2) is 52.5 Å². The molecule has 10 heteroatoms. The largest absolute Gasteiger partial charge is 0.378 e. The summed E-state index contributed by atoms with van der Waals surface area (Å²) in [5, 5.41) is 20.0. The summed E-state index contributed by atoms with van der Waals surface area (Å²) < 4.78 is 22.6. The number of hydrogen-bond acceptors (Lipinski definition) is 7. The lowest BCUT2D eigenvalue weighted by molar-refractivity contribution is -0.384. The van der Waals surface area contributed by atoms with E-state index in [0.29, 0.717) is 0 Å². The number of nitrogens with two attached hydrogens (primary N) is 1. The number of nitrogens with zero attached hydrogens (tertiary/aromatic N) is 3. The van der Waals surface area contributed by atoms with Crippen molar-refractivity contribution in [3.63, 3.8) is 0 Å². The van der Waals surface area contributed by atoms with Crippen LogP contribution in [0.2, 0.25) is 0 Å². The zero-order valence-corrected chi connectivity index (χ0v) is 14.4. The van der Waals surface area contributed by atoms with Crippen LogP contribution in [-0.4, -0.2) is 33.7 Å². The number of rotatable bonds is 6. The Balaban J connectivity index is 2.21. The first-order valence-corrected chi connectivity index (χ1v) is 8.61. The van der Waals surface area contributed by atoms with Gasteiger partial charge < -0.3 is 4.90 Å². The van der Waals surface area contributed by atoms with E-state index in [1.54, 1.807) is 0 Å². The number of benzene rings is 2. The highest BCUT2D eigenvalue weighted by Gasteiger charge is 2.18. The zero-order chi connectivity index (χ0) is 18.6. The van der Waals surface area contributed by atoms with Crippen molar-refractivity contribution in [1.29, 1.82) is 0 Å². The molecule has 0 unspecified atom stereocenters. The molecule has 2 aromatic carbocycles. The van der Waals surface area contributed by atoms with Crippen LogP contribution in [0.5, 0.6) is 0 Å². The van der Waals surface area contributed by atoms with E-state index in [4.69, 9.17) is 5.14 Å². The average molecular weight is 363 g/mol. The monoisotopic (exact) mass is 363 g/mol. The lowest BCUT2D eigenvalue weighted by Crippen LogP contribution is -2.12. The molecule has 0 saturated carbocycles. The van der Waals surface area contributed by atoms with E-state index < -0.39 is 20.6 Å². The summed E-state index contributed by atoms with van der Waals surface area (Å²) in [6.45, 7) is 0. The molecule has 0 heterocycles. The molecule has 0 radical (unpaired) electrons. The van der Waals surface area contributed by atoms with Crippen LogP contribution in [0.4, 0.5) is 17.1 Å². The highest BCUT2D eigenvalue weighted by Crippen LogP contribution is 2.27. The van der Waals surface area contributed by atoms with Crippen LogP contribution in [0.1, 0.15) is 5.56 Å². The highest BCUT2D eigenvalue weighted by molar-refractivity contribution is 7.89. The third kappa shape index (κ3) is 4.75. The molecular formula is C15H17N5O4S. The minimum absolute atomic E-state index is 0.0542. The lowest BCUT2D eigenvalue weighted by atomic mass is 10.2. The molecule has 0 aromatic heterocycles. The number of sulfonamides is 1. The Kier molecular flexibility index (Phi) is 5.35. The molecule has 0 aliphatic carbocycles. The SMILES string of the molecule is CN(C)c1ccc(/C=N\Nc2ccc(S(N)(=O)=O)cc2[N+](=O)[O-])cc1. The van der Waals surface area contributed by atoms with Gasteiger partial charge in [-0.05, 0) is 29.8 Å². The van der Waals surface area contributed by atoms with Crippen LogP contribution >= 0.6 is 0 Å². The number of nitrogens with one attached hydrogen (secondary N) is 1. The number of anilines is 2. The Morgan fingerprint density at radius 2 is 1.84 bits per heavy atom. The summed E-state index contributed by atoms with van der Waals surface area (Å²) in [5.74, 6) is 0. The van der Waals surface area contributed by atoms with Crippen molar-refractivity contribution < 1.29 is 13.3 Å². The molecule has 0 atom stereocenters. The van der Waals surface area contributed by atoms with E-state index in [9.17, 15) is 18.5 Å². The second-order valence-electron chi connectivity index (χ2n) is 5.34. The van der Waals surface area contributed by atoms with Gasteiger partial charge in [-0.1, -0.05) is 12.1 Å². The molecule has 0 aliphatic rings. The minimum atomic E-state index is -4.02. The molecule has 0 saturated heterocycles. The van der Waals surface area contributed by atoms with Gasteiger partial charge in [-0.25, -0.2) is 13.6 Å². The van der Waals surface area contributed by atoms with Crippen LogP contribution in [0.3, 0.4) is 0 Å². The molecule has 3 N–H and O–H groups in total. The third-order valence-corrected chi connectivity index (χ3v) is 4.21. The van der Waals surface area contributed by atoms with E-state index >= 15 is 0 Å². The van der Waals surface area contributed by atoms with Gasteiger partial charge in [-0.15, -0.1) is 0 Å². The Labute approximate surface area is 145 Å². The van der Waals surface area contributed by atoms with Gasteiger partial charge in [0.1, 0.15) is 5.69 Å². The Morgan fingerprint density at radius 1 is 1.20 bits per heavy atom. The number of nitro benzene ring substituents is 1. The molecule has 0 bridgehead atoms. The minimum Gasteiger partial charge on any atom is -0.378 e. The van der Waals surface area contributed by atoms with Crippen molar-refractivity contribution in [3.8, 4) is 0 Å². The van der Waals surface area contributed by atoms with Gasteiger partial charge >= 0.3 is 0 Å². The maximum Gasteiger partial charge on any atom is 0.295 e. The van der Waals surface area contributed by atoms with Crippen LogP contribution in [0.25, 0.3) is 0 Å². The first-order chi connectivity index (χ1) is 11.7. The molecule has 0 fully saturated rings. The molecule has 9 nitrogen and oxygen atoms in total. The molecule has 0 amide bonds. The number of hydrazone groups is 1. The summed E-state index contributed by atoms with van der Waals surface area (Å²) in [4.78, 5) is 12.0. The predicted octanol–water partition coefficient (Wildman–Crippen LogP) is 1.75. The summed E-state index contributed by atoms with van der Waals surface area (Å²) >= 11 is 0. The van der Waals surface area contributed by atoms with Crippen molar-refractivity contribution in [2.45, 2.75) is 4.90 Å². The topological polar surface area (TPSA) is 131 Å². The highest BCUT2D eigenvalue weighted by atomic mass is 32.2. The maximum atomic E-state index is 11.3. The smallest absolute Gasteiger partial charge is 0.295 e. The average Bonchev–Trinajstić information content (AvgIpc) is 2.54. The third-order valence-electron chi connectivity index (χ3n) is 3.30. The molecular weight excluding hydrogens is 346 g/mol. The fourth-order valence-electron chi connectivity index (χ4n) is 1.97. The predicted molar refractivity (Wildman–Crippen MR) is 96.5 cm³/mol. The van der Waals surface area contributed by atoms with E-state index in [0.717, 1.165) is 17.3 Å². The number of nitro groups is 1. The quantitative estimate of drug-likeness (QED) is 0.457. The van der Waals surface area contributed by atoms with Gasteiger partial charge in [0.2, 0.25) is 10.0 Å². The summed E-state index contributed by atoms with van der Waals surface area (Å²) in [6, 6.07) is 10.8. The van der Waals surface area contributed by atoms with Gasteiger partial charge in [-0.3, -0.25) is 15.5 Å². The fourth-order valence-corrected chi connectivity index (χ4v) is 2.50. The van der Waals surface area contributed by atoms with Crippen molar-refractivity contribution >= 4 is 33.3 Å². The van der Waals surface area contributed by atoms with Crippen molar-refractivity contribution in [1.82, 2.24) is 0 Å². The summed E-state index contributed by atoms with van der Waals surface area (Å²) in [5.41, 5.74) is 3.98. The summed E-state index contributed by atoms with van der Waals surface area (Å²) in [6.07, 6.45) is 1.50. The standard InChI is InChI=1S/C15H17N5O4S/c1-19(2)12-5-3-11(4-6-12)10-17-18-14-8-7-13(25(16,23)24)9-15(14)20(21)22/h3-10,18H,1-2H3,(H2,16,23,24)/b17-10-. The van der Waals surface area contributed by atoms with Crippen molar-refractivity contribution in [2.75, 3.05) is 24.4 Å². The maximum absolute atomic E-state index is 11.3. The van der Waals surface area contributed by atoms with Crippen molar-refractivity contribution in [3.05, 3.63) is 58.1 Å². The molecule has 0 spiro atoms. The van der Waals surface area contributed by atoms with Crippen LogP contribution < -0.4 is 15.5 Å². The molecule has 2 aromatic rings. The molecule has 132 valence electrons. The second-order valence-corrected chi connectivity index (χ2v) is 6.90. The van der Waals surface area contributed by atoms with E-state index in [-0.39, 0.29) is 10.6 Å². The fraction of sp³-hybridized carbons (Fsp3) is 0.133. The first-order valence-electron chi connectivity index (χ1n) is 7.06. The second kappa shape index (κ2) is 7.28. The number of primary sulfonamides is 1. The Hall–Kier alpha value is -2.98. The summed E-state index contributed by atoms with van der Waals surface area (Å²) in [7, 11) is -0.174. The van der Waals surface area contributed by atoms with Gasteiger partial charge in [0.25, 0.3) is 5.69 Å². The first kappa shape index (κ1) is 18.4. The van der Waals surface area contributed by atoms with E-state index in [1.165, 1.54) is 18.3 Å². The van der Waals surface area contributed by atoms with Crippen LogP contribution in [-0.2, 0) is 10.0 Å². The van der Waals surface area contributed by atoms with E-state index in [2.05, 4.69) is 10.5 Å². The van der Waals surface area contributed by atoms with Crippen LogP contribution in [0, 0.1) is 10.1 Å². The van der Waals surface area contributed by atoms with Gasteiger partial charge in [0.05, 0.1) is 16.0 Å². The number of hydrogen-bond donors (Lipinski definition) is 2. The van der Waals surface area contributed by atoms with Crippen molar-refractivity contribution in [2.24, 2.45) is 10.2 Å². The van der Waals surface area contributed by atoms with Gasteiger partial charge in [0, 0.05) is 25.8 Å². The Bertz CT molecular complexity index is 908. The molecule has 25 heavy (non-hydrogen) atoms. The lowest BCUT2D eigenvalue weighted by Gasteiger charge is -2.11. The van der Waals surface area contributed by atoms with Gasteiger partial charge in [0.15, 0.2) is 0 Å². The molecule has 2 rings (SSSR count). The Morgan fingerprint density at radius 3 is 2.36 bits per heavy atom.